The molecule has 1 fully saturated rings. The van der Waals surface area contributed by atoms with E-state index < -0.39 is 11.9 Å². The van der Waals surface area contributed by atoms with Gasteiger partial charge in [0, 0.05) is 37.9 Å². The largest absolute Gasteiger partial charge is 0.434 e. The van der Waals surface area contributed by atoms with E-state index >= 15 is 0 Å². The van der Waals surface area contributed by atoms with E-state index in [2.05, 4.69) is 15.2 Å². The standard InChI is InChI=1S/C16H20F3N5O/c1-10-6-12(22-21-10)7-14(25)24-5-3-4-11(8-24)15-20-13(9-23(15)2)16(17,18)19/h6,9,11H,3-5,7-8H2,1-2H3,(H,21,22)/t11-/m1/s1. The van der Waals surface area contributed by atoms with E-state index in [0.29, 0.717) is 31.0 Å². The van der Waals surface area contributed by atoms with Crippen molar-refractivity contribution < 1.29 is 18.0 Å². The minimum absolute atomic E-state index is 0.0681. The van der Waals surface area contributed by atoms with Gasteiger partial charge in [0.25, 0.3) is 0 Å². The second-order valence-corrected chi connectivity index (χ2v) is 6.49. The zero-order valence-electron chi connectivity index (χ0n) is 14.1. The number of piperidine rings is 1. The van der Waals surface area contributed by atoms with Crippen LogP contribution in [0.5, 0.6) is 0 Å². The van der Waals surface area contributed by atoms with Gasteiger partial charge >= 0.3 is 6.18 Å². The Balaban J connectivity index is 1.71. The van der Waals surface area contributed by atoms with Crippen molar-refractivity contribution in [1.82, 2.24) is 24.6 Å². The summed E-state index contributed by atoms with van der Waals surface area (Å²) in [7, 11) is 1.56. The van der Waals surface area contributed by atoms with Crippen LogP contribution in [-0.2, 0) is 24.4 Å². The maximum Gasteiger partial charge on any atom is 0.434 e. The molecule has 25 heavy (non-hydrogen) atoms. The third-order valence-electron chi connectivity index (χ3n) is 4.43. The van der Waals surface area contributed by atoms with Crippen molar-refractivity contribution in [3.05, 3.63) is 35.2 Å². The highest BCUT2D eigenvalue weighted by molar-refractivity contribution is 5.78. The molecule has 0 aliphatic carbocycles. The maximum absolute atomic E-state index is 12.8. The van der Waals surface area contributed by atoms with E-state index in [9.17, 15) is 18.0 Å². The molecule has 0 radical (unpaired) electrons. The number of aromatic nitrogens is 4. The average Bonchev–Trinajstić information content (AvgIpc) is 3.13. The summed E-state index contributed by atoms with van der Waals surface area (Å²) >= 11 is 0. The first-order chi connectivity index (χ1) is 11.7. The Morgan fingerprint density at radius 2 is 2.20 bits per heavy atom. The zero-order valence-corrected chi connectivity index (χ0v) is 14.1. The normalized spacial score (nSPS) is 18.6. The number of nitrogens with zero attached hydrogens (tertiary/aromatic N) is 4. The smallest absolute Gasteiger partial charge is 0.342 e. The third kappa shape index (κ3) is 3.85. The number of aromatic amines is 1. The van der Waals surface area contributed by atoms with Crippen LogP contribution < -0.4 is 0 Å². The molecule has 1 saturated heterocycles. The van der Waals surface area contributed by atoms with E-state index in [-0.39, 0.29) is 18.2 Å². The van der Waals surface area contributed by atoms with Crippen LogP contribution in [0.4, 0.5) is 13.2 Å². The minimum atomic E-state index is -4.46. The van der Waals surface area contributed by atoms with Crippen LogP contribution in [0, 0.1) is 6.92 Å². The fourth-order valence-corrected chi connectivity index (χ4v) is 3.24. The van der Waals surface area contributed by atoms with Gasteiger partial charge in [-0.15, -0.1) is 0 Å². The Morgan fingerprint density at radius 3 is 2.80 bits per heavy atom. The Hall–Kier alpha value is -2.32. The summed E-state index contributed by atoms with van der Waals surface area (Å²) in [6.45, 7) is 2.84. The van der Waals surface area contributed by atoms with Gasteiger partial charge < -0.3 is 9.47 Å². The number of H-pyrrole nitrogens is 1. The first-order valence-corrected chi connectivity index (χ1v) is 8.13. The van der Waals surface area contributed by atoms with Crippen molar-refractivity contribution in [2.24, 2.45) is 7.05 Å². The number of carbonyl (C=O) groups excluding carboxylic acids is 1. The van der Waals surface area contributed by atoms with Crippen molar-refractivity contribution in [2.75, 3.05) is 13.1 Å². The molecule has 1 atom stereocenters. The third-order valence-corrected chi connectivity index (χ3v) is 4.43. The quantitative estimate of drug-likeness (QED) is 0.920. The maximum atomic E-state index is 12.8. The van der Waals surface area contributed by atoms with Crippen LogP contribution in [0.15, 0.2) is 12.3 Å². The lowest BCUT2D eigenvalue weighted by atomic mass is 9.96. The van der Waals surface area contributed by atoms with Gasteiger partial charge in [0.05, 0.1) is 12.1 Å². The summed E-state index contributed by atoms with van der Waals surface area (Å²) in [5.41, 5.74) is 0.661. The fraction of sp³-hybridized carbons (Fsp3) is 0.562. The molecule has 0 saturated carbocycles. The Morgan fingerprint density at radius 1 is 1.44 bits per heavy atom. The Labute approximate surface area is 143 Å². The summed E-state index contributed by atoms with van der Waals surface area (Å²) in [5.74, 6) is 0.113. The van der Waals surface area contributed by atoms with Gasteiger partial charge in [-0.25, -0.2) is 4.98 Å². The molecule has 6 nitrogen and oxygen atoms in total. The summed E-state index contributed by atoms with van der Waals surface area (Å²) in [4.78, 5) is 17.9. The van der Waals surface area contributed by atoms with Gasteiger partial charge in [-0.1, -0.05) is 0 Å². The van der Waals surface area contributed by atoms with E-state index in [4.69, 9.17) is 0 Å². The zero-order chi connectivity index (χ0) is 18.2. The molecule has 1 amide bonds. The number of imidazole rings is 1. The number of rotatable bonds is 3. The topological polar surface area (TPSA) is 66.8 Å². The number of nitrogens with one attached hydrogen (secondary N) is 1. The van der Waals surface area contributed by atoms with Crippen LogP contribution in [0.2, 0.25) is 0 Å². The molecule has 136 valence electrons. The van der Waals surface area contributed by atoms with Crippen LogP contribution in [-0.4, -0.2) is 43.6 Å². The number of halogens is 3. The molecule has 2 aromatic heterocycles. The predicted molar refractivity (Wildman–Crippen MR) is 83.8 cm³/mol. The van der Waals surface area contributed by atoms with Crippen LogP contribution >= 0.6 is 0 Å². The summed E-state index contributed by atoms with van der Waals surface area (Å²) in [5, 5.41) is 6.85. The van der Waals surface area contributed by atoms with Gasteiger partial charge in [0.15, 0.2) is 5.69 Å². The Kier molecular flexibility index (Phi) is 4.57. The van der Waals surface area contributed by atoms with E-state index in [1.807, 2.05) is 13.0 Å². The van der Waals surface area contributed by atoms with Crippen molar-refractivity contribution >= 4 is 5.91 Å². The number of carbonyl (C=O) groups is 1. The lowest BCUT2D eigenvalue weighted by Crippen LogP contribution is -2.40. The molecule has 1 aliphatic heterocycles. The molecule has 3 heterocycles. The van der Waals surface area contributed by atoms with Crippen molar-refractivity contribution in [3.8, 4) is 0 Å². The number of hydrogen-bond acceptors (Lipinski definition) is 3. The molecule has 3 rings (SSSR count). The van der Waals surface area contributed by atoms with Crippen molar-refractivity contribution in [2.45, 2.75) is 38.3 Å². The van der Waals surface area contributed by atoms with Crippen LogP contribution in [0.3, 0.4) is 0 Å². The van der Waals surface area contributed by atoms with Crippen LogP contribution in [0.25, 0.3) is 0 Å². The second-order valence-electron chi connectivity index (χ2n) is 6.49. The highest BCUT2D eigenvalue weighted by atomic mass is 19.4. The SMILES string of the molecule is Cc1cc(CC(=O)N2CCC[C@@H](c3nc(C(F)(F)F)cn3C)C2)n[nH]1. The molecule has 9 heteroatoms. The fourth-order valence-electron chi connectivity index (χ4n) is 3.24. The first-order valence-electron chi connectivity index (χ1n) is 8.13. The molecule has 0 spiro atoms. The molecule has 2 aromatic rings. The second kappa shape index (κ2) is 6.53. The van der Waals surface area contributed by atoms with Gasteiger partial charge in [-0.05, 0) is 25.8 Å². The summed E-state index contributed by atoms with van der Waals surface area (Å²) in [6, 6.07) is 1.81. The van der Waals surface area contributed by atoms with Gasteiger partial charge in [0.2, 0.25) is 5.91 Å². The van der Waals surface area contributed by atoms with Gasteiger partial charge in [-0.3, -0.25) is 9.89 Å². The van der Waals surface area contributed by atoms with E-state index in [1.54, 1.807) is 11.9 Å². The molecule has 0 aromatic carbocycles. The molecular formula is C16H20F3N5O. The van der Waals surface area contributed by atoms with E-state index in [0.717, 1.165) is 18.3 Å². The lowest BCUT2D eigenvalue weighted by Gasteiger charge is -2.32. The number of aryl methyl sites for hydroxylation is 2. The van der Waals surface area contributed by atoms with Crippen molar-refractivity contribution in [3.63, 3.8) is 0 Å². The average molecular weight is 355 g/mol. The lowest BCUT2D eigenvalue weighted by molar-refractivity contribution is -0.141. The molecule has 1 N–H and O–H groups in total. The predicted octanol–water partition coefficient (Wildman–Crippen LogP) is 2.42. The van der Waals surface area contributed by atoms with Crippen LogP contribution in [0.1, 0.15) is 41.7 Å². The molecule has 0 unspecified atom stereocenters. The van der Waals surface area contributed by atoms with Gasteiger partial charge in [0.1, 0.15) is 5.82 Å². The molecule has 1 aliphatic rings. The summed E-state index contributed by atoms with van der Waals surface area (Å²) in [6.07, 6.45) is -1.82. The Bertz CT molecular complexity index is 764. The number of hydrogen-bond donors (Lipinski definition) is 1. The highest BCUT2D eigenvalue weighted by Crippen LogP contribution is 2.32. The summed E-state index contributed by atoms with van der Waals surface area (Å²) < 4.78 is 40.0. The highest BCUT2D eigenvalue weighted by Gasteiger charge is 2.36. The van der Waals surface area contributed by atoms with Crippen molar-refractivity contribution in [1.29, 1.82) is 0 Å². The van der Waals surface area contributed by atoms with Gasteiger partial charge in [-0.2, -0.15) is 18.3 Å². The minimum Gasteiger partial charge on any atom is -0.342 e. The number of amides is 1. The monoisotopic (exact) mass is 355 g/mol. The number of likely N-dealkylation sites (tertiary alicyclic amines) is 1. The van der Waals surface area contributed by atoms with E-state index in [1.165, 1.54) is 4.57 Å². The molecular weight excluding hydrogens is 335 g/mol. The molecule has 0 bridgehead atoms. The first kappa shape index (κ1) is 17.5. The number of alkyl halides is 3.